The summed E-state index contributed by atoms with van der Waals surface area (Å²) in [6.07, 6.45) is 1.54. The van der Waals surface area contributed by atoms with E-state index in [-0.39, 0.29) is 38.5 Å². The summed E-state index contributed by atoms with van der Waals surface area (Å²) >= 11 is 12.8. The minimum Gasteiger partial charge on any atom is -0.497 e. The molecule has 0 aliphatic carbocycles. The van der Waals surface area contributed by atoms with Gasteiger partial charge in [0.15, 0.2) is 11.5 Å². The molecule has 176 valence electrons. The second-order valence-corrected chi connectivity index (χ2v) is 8.11. The van der Waals surface area contributed by atoms with Crippen molar-refractivity contribution >= 4 is 40.6 Å². The minimum absolute atomic E-state index is 0.0590. The molecule has 9 nitrogen and oxygen atoms in total. The van der Waals surface area contributed by atoms with Crippen LogP contribution in [0.5, 0.6) is 17.2 Å². The summed E-state index contributed by atoms with van der Waals surface area (Å²) in [6, 6.07) is 14.3. The Kier molecular flexibility index (Phi) is 6.78. The summed E-state index contributed by atoms with van der Waals surface area (Å²) < 4.78 is 12.5. The van der Waals surface area contributed by atoms with Crippen LogP contribution in [0.25, 0.3) is 0 Å². The Morgan fingerprint density at radius 3 is 2.37 bits per heavy atom. The number of nitriles is 1. The van der Waals surface area contributed by atoms with Crippen LogP contribution < -0.4 is 25.4 Å². The van der Waals surface area contributed by atoms with E-state index in [2.05, 4.69) is 17.0 Å². The number of rotatable bonds is 6. The Hall–Kier alpha value is -4.26. The number of nitrogens with zero attached hydrogens (tertiary/aromatic N) is 4. The molecule has 2 heterocycles. The number of urea groups is 1. The summed E-state index contributed by atoms with van der Waals surface area (Å²) in [5.41, 5.74) is 0.927. The molecule has 3 aromatic rings. The van der Waals surface area contributed by atoms with Gasteiger partial charge in [0.25, 0.3) is 5.56 Å². The number of aromatic nitrogens is 1. The fraction of sp³-hybridized carbons (Fsp3) is 0.0833. The quantitative estimate of drug-likeness (QED) is 0.506. The molecule has 4 rings (SSSR count). The molecule has 1 aromatic heterocycles. The summed E-state index contributed by atoms with van der Waals surface area (Å²) in [4.78, 5) is 24.7. The van der Waals surface area contributed by atoms with Crippen LogP contribution in [0.2, 0.25) is 10.0 Å². The van der Waals surface area contributed by atoms with E-state index in [9.17, 15) is 9.59 Å². The van der Waals surface area contributed by atoms with E-state index in [0.29, 0.717) is 18.0 Å². The first kappa shape index (κ1) is 23.9. The van der Waals surface area contributed by atoms with Gasteiger partial charge in [-0.15, -0.1) is 0 Å². The highest BCUT2D eigenvalue weighted by molar-refractivity contribution is 6.37. The van der Waals surface area contributed by atoms with Crippen molar-refractivity contribution in [2.24, 2.45) is 5.10 Å². The predicted octanol–water partition coefficient (Wildman–Crippen LogP) is 4.93. The third-order valence-corrected chi connectivity index (χ3v) is 5.52. The van der Waals surface area contributed by atoms with Crippen LogP contribution >= 0.6 is 23.2 Å². The first-order valence-corrected chi connectivity index (χ1v) is 10.8. The number of amides is 2. The number of anilines is 1. The van der Waals surface area contributed by atoms with Gasteiger partial charge >= 0.3 is 6.03 Å². The summed E-state index contributed by atoms with van der Waals surface area (Å²) in [7, 11) is 1.58. The van der Waals surface area contributed by atoms with Gasteiger partial charge < -0.3 is 19.4 Å². The molecule has 2 aromatic carbocycles. The molecular weight excluding hydrogens is 493 g/mol. The number of nitrogens with one attached hydrogen (secondary N) is 1. The van der Waals surface area contributed by atoms with Crippen molar-refractivity contribution in [3.63, 3.8) is 0 Å². The summed E-state index contributed by atoms with van der Waals surface area (Å²) in [6.45, 7) is 3.89. The van der Waals surface area contributed by atoms with Crippen molar-refractivity contribution in [2.75, 3.05) is 12.1 Å². The van der Waals surface area contributed by atoms with E-state index in [0.717, 1.165) is 10.6 Å². The lowest BCUT2D eigenvalue weighted by molar-refractivity contribution is 0.248. The number of pyridine rings is 1. The van der Waals surface area contributed by atoms with Crippen LogP contribution in [-0.2, 0) is 6.54 Å². The fourth-order valence-corrected chi connectivity index (χ4v) is 3.77. The first-order valence-electron chi connectivity index (χ1n) is 10.1. The molecule has 11 heteroatoms. The lowest BCUT2D eigenvalue weighted by Crippen LogP contribution is -2.42. The molecule has 0 spiro atoms. The van der Waals surface area contributed by atoms with Gasteiger partial charge in [0.2, 0.25) is 0 Å². The van der Waals surface area contributed by atoms with Crippen molar-refractivity contribution in [3.8, 4) is 23.3 Å². The fourth-order valence-electron chi connectivity index (χ4n) is 3.22. The first-order chi connectivity index (χ1) is 16.8. The molecule has 0 unspecified atom stereocenters. The molecule has 2 amide bonds. The molecule has 1 aliphatic rings. The number of carbonyl (C=O) groups is 1. The highest BCUT2D eigenvalue weighted by Crippen LogP contribution is 2.40. The number of hydrogen-bond acceptors (Lipinski definition) is 6. The molecule has 35 heavy (non-hydrogen) atoms. The van der Waals surface area contributed by atoms with E-state index in [1.807, 2.05) is 30.3 Å². The van der Waals surface area contributed by atoms with E-state index < -0.39 is 6.03 Å². The number of benzene rings is 2. The zero-order valence-electron chi connectivity index (χ0n) is 18.3. The highest BCUT2D eigenvalue weighted by atomic mass is 35.5. The van der Waals surface area contributed by atoms with Crippen molar-refractivity contribution in [1.29, 1.82) is 5.26 Å². The Morgan fingerprint density at radius 2 is 1.74 bits per heavy atom. The molecule has 0 saturated carbocycles. The normalized spacial score (nSPS) is 13.1. The molecule has 0 saturated heterocycles. The second kappa shape index (κ2) is 9.93. The monoisotopic (exact) mass is 509 g/mol. The van der Waals surface area contributed by atoms with E-state index in [4.69, 9.17) is 37.9 Å². The van der Waals surface area contributed by atoms with Gasteiger partial charge in [-0.05, 0) is 35.9 Å². The topological polar surface area (TPSA) is 109 Å². The van der Waals surface area contributed by atoms with Gasteiger partial charge in [0, 0.05) is 6.07 Å². The van der Waals surface area contributed by atoms with Crippen LogP contribution in [0.1, 0.15) is 5.56 Å². The molecule has 1 N–H and O–H groups in total. The zero-order chi connectivity index (χ0) is 25.1. The Labute approximate surface area is 210 Å². The molecule has 0 bridgehead atoms. The number of hydrogen-bond donors (Lipinski definition) is 1. The van der Waals surface area contributed by atoms with Gasteiger partial charge in [-0.1, -0.05) is 41.9 Å². The van der Waals surface area contributed by atoms with Crippen LogP contribution in [0.3, 0.4) is 0 Å². The Bertz CT molecular complexity index is 1430. The van der Waals surface area contributed by atoms with E-state index in [1.54, 1.807) is 13.3 Å². The lowest BCUT2D eigenvalue weighted by atomic mass is 10.2. The third kappa shape index (κ3) is 5.14. The van der Waals surface area contributed by atoms with Crippen LogP contribution in [-0.4, -0.2) is 23.4 Å². The van der Waals surface area contributed by atoms with Crippen molar-refractivity contribution in [3.05, 3.63) is 93.0 Å². The SMILES string of the molecule is C=C1NC(=O)N(c2cc(Cl)c(Oc3ccc(=O)n(Cc4ccc(OC)cc4)c3)c(Cl)c2)N=C1C#N. The maximum atomic E-state index is 12.4. The maximum Gasteiger partial charge on any atom is 0.347 e. The largest absolute Gasteiger partial charge is 0.497 e. The van der Waals surface area contributed by atoms with Gasteiger partial charge in [-0.25, -0.2) is 4.79 Å². The molecule has 0 radical (unpaired) electrons. The number of methoxy groups -OCH3 is 1. The standard InChI is InChI=1S/C24H17Cl2N5O4/c1-14-21(11-27)29-31(24(33)28-14)16-9-19(25)23(20(26)10-16)35-18-7-8-22(32)30(13-18)12-15-3-5-17(34-2)6-4-15/h3-10,13H,1,12H2,2H3,(H,28,33). The number of halogens is 2. The Balaban J connectivity index is 1.60. The van der Waals surface area contributed by atoms with Crippen molar-refractivity contribution in [2.45, 2.75) is 6.54 Å². The average molecular weight is 510 g/mol. The smallest absolute Gasteiger partial charge is 0.347 e. The van der Waals surface area contributed by atoms with Gasteiger partial charge in [-0.2, -0.15) is 15.4 Å². The van der Waals surface area contributed by atoms with Crippen molar-refractivity contribution < 1.29 is 14.3 Å². The minimum atomic E-state index is -0.625. The molecular formula is C24H17Cl2N5O4. The molecule has 0 atom stereocenters. The van der Waals surface area contributed by atoms with Gasteiger partial charge in [0.1, 0.15) is 17.6 Å². The van der Waals surface area contributed by atoms with Crippen molar-refractivity contribution in [1.82, 2.24) is 9.88 Å². The lowest BCUT2D eigenvalue weighted by Gasteiger charge is -2.24. The van der Waals surface area contributed by atoms with E-state index >= 15 is 0 Å². The van der Waals surface area contributed by atoms with Crippen LogP contribution in [0, 0.1) is 11.3 Å². The average Bonchev–Trinajstić information content (AvgIpc) is 2.84. The van der Waals surface area contributed by atoms with Gasteiger partial charge in [0.05, 0.1) is 41.3 Å². The molecule has 0 fully saturated rings. The second-order valence-electron chi connectivity index (χ2n) is 7.30. The predicted molar refractivity (Wildman–Crippen MR) is 133 cm³/mol. The Morgan fingerprint density at radius 1 is 1.09 bits per heavy atom. The zero-order valence-corrected chi connectivity index (χ0v) is 19.8. The summed E-state index contributed by atoms with van der Waals surface area (Å²) in [5.74, 6) is 1.16. The van der Waals surface area contributed by atoms with E-state index in [1.165, 1.54) is 28.8 Å². The highest BCUT2D eigenvalue weighted by Gasteiger charge is 2.26. The van der Waals surface area contributed by atoms with Crippen LogP contribution in [0.4, 0.5) is 10.5 Å². The number of allylic oxidation sites excluding steroid dienone is 1. The summed E-state index contributed by atoms with van der Waals surface area (Å²) in [5, 5.41) is 16.7. The van der Waals surface area contributed by atoms with Gasteiger partial charge in [-0.3, -0.25) is 4.79 Å². The number of ether oxygens (including phenoxy) is 2. The number of carbonyl (C=O) groups excluding carboxylic acids is 1. The maximum absolute atomic E-state index is 12.4. The number of hydrazone groups is 1. The van der Waals surface area contributed by atoms with Crippen LogP contribution in [0.15, 0.2) is 76.9 Å². The third-order valence-electron chi connectivity index (χ3n) is 4.96. The molecule has 1 aliphatic heterocycles.